The average Bonchev–Trinajstić information content (AvgIpc) is 2.96. The van der Waals surface area contributed by atoms with Crippen molar-refractivity contribution in [3.63, 3.8) is 0 Å². The van der Waals surface area contributed by atoms with Gasteiger partial charge in [-0.1, -0.05) is 25.0 Å². The van der Waals surface area contributed by atoms with E-state index in [0.717, 1.165) is 31.2 Å². The fourth-order valence-corrected chi connectivity index (χ4v) is 4.75. The van der Waals surface area contributed by atoms with Gasteiger partial charge in [0, 0.05) is 26.1 Å². The predicted molar refractivity (Wildman–Crippen MR) is 111 cm³/mol. The Balaban J connectivity index is 1.79. The van der Waals surface area contributed by atoms with Gasteiger partial charge in [0.1, 0.15) is 0 Å². The molecule has 29 heavy (non-hydrogen) atoms. The third-order valence-corrected chi connectivity index (χ3v) is 6.70. The minimum atomic E-state index is -3.45. The molecule has 0 radical (unpaired) electrons. The van der Waals surface area contributed by atoms with E-state index in [9.17, 15) is 18.0 Å². The number of hydrogen-bond acceptors (Lipinski definition) is 5. The molecule has 1 aromatic carbocycles. The molecule has 162 valence electrons. The first-order valence-electron chi connectivity index (χ1n) is 10.3. The molecule has 0 bridgehead atoms. The van der Waals surface area contributed by atoms with Crippen LogP contribution in [0.2, 0.25) is 0 Å². The lowest BCUT2D eigenvalue weighted by molar-refractivity contribution is -0.147. The van der Waals surface area contributed by atoms with Crippen molar-refractivity contribution in [1.82, 2.24) is 9.62 Å². The van der Waals surface area contributed by atoms with E-state index in [1.165, 1.54) is 0 Å². The van der Waals surface area contributed by atoms with E-state index in [-0.39, 0.29) is 37.4 Å². The van der Waals surface area contributed by atoms with Crippen LogP contribution in [0.25, 0.3) is 0 Å². The Morgan fingerprint density at radius 3 is 2.24 bits per heavy atom. The van der Waals surface area contributed by atoms with Gasteiger partial charge in [0.05, 0.1) is 17.4 Å². The summed E-state index contributed by atoms with van der Waals surface area (Å²) in [6.45, 7) is 4.96. The lowest BCUT2D eigenvalue weighted by Crippen LogP contribution is -2.31. The molecule has 8 heteroatoms. The van der Waals surface area contributed by atoms with Crippen molar-refractivity contribution in [2.75, 3.05) is 19.6 Å². The van der Waals surface area contributed by atoms with Gasteiger partial charge in [0.25, 0.3) is 0 Å². The Hall–Kier alpha value is -1.93. The van der Waals surface area contributed by atoms with E-state index >= 15 is 0 Å². The van der Waals surface area contributed by atoms with Crippen LogP contribution in [0.5, 0.6) is 0 Å². The first-order chi connectivity index (χ1) is 13.8. The zero-order valence-corrected chi connectivity index (χ0v) is 18.2. The number of hydrogen-bond donors (Lipinski definition) is 1. The fraction of sp³-hybridized carbons (Fsp3) is 0.619. The van der Waals surface area contributed by atoms with Crippen molar-refractivity contribution in [3.05, 3.63) is 29.8 Å². The molecule has 1 heterocycles. The van der Waals surface area contributed by atoms with E-state index in [1.54, 1.807) is 42.4 Å². The van der Waals surface area contributed by atoms with Crippen LogP contribution in [-0.4, -0.2) is 50.3 Å². The van der Waals surface area contributed by atoms with Gasteiger partial charge in [0.15, 0.2) is 0 Å². The highest BCUT2D eigenvalue weighted by molar-refractivity contribution is 7.89. The summed E-state index contributed by atoms with van der Waals surface area (Å²) in [5.41, 5.74) is 0.897. The van der Waals surface area contributed by atoms with Gasteiger partial charge in [-0.3, -0.25) is 9.59 Å². The number of sulfonamides is 1. The van der Waals surface area contributed by atoms with Crippen molar-refractivity contribution >= 4 is 21.9 Å². The molecular weight excluding hydrogens is 392 g/mol. The maximum Gasteiger partial charge on any atom is 0.307 e. The summed E-state index contributed by atoms with van der Waals surface area (Å²) in [4.78, 5) is 23.7. The van der Waals surface area contributed by atoms with Gasteiger partial charge >= 0.3 is 5.97 Å². The lowest BCUT2D eigenvalue weighted by atomic mass is 10.1. The molecule has 1 aromatic rings. The SMILES string of the molecule is CC(C)OC(=O)CCNC(=O)CCc1ccc(S(=O)(=O)N2CCCCCC2)cc1. The number of aryl methyl sites for hydroxylation is 1. The molecule has 0 aliphatic carbocycles. The quantitative estimate of drug-likeness (QED) is 0.615. The van der Waals surface area contributed by atoms with Crippen LogP contribution in [0.1, 0.15) is 57.9 Å². The normalized spacial score (nSPS) is 15.7. The number of amides is 1. The molecule has 0 unspecified atom stereocenters. The molecular formula is C21H32N2O5S. The van der Waals surface area contributed by atoms with Gasteiger partial charge in [-0.15, -0.1) is 0 Å². The summed E-state index contributed by atoms with van der Waals surface area (Å²) < 4.78 is 32.1. The second-order valence-corrected chi connectivity index (χ2v) is 9.54. The zero-order valence-electron chi connectivity index (χ0n) is 17.4. The molecule has 2 rings (SSSR count). The first-order valence-corrected chi connectivity index (χ1v) is 11.8. The van der Waals surface area contributed by atoms with Crippen LogP contribution >= 0.6 is 0 Å². The Bertz CT molecular complexity index is 767. The van der Waals surface area contributed by atoms with E-state index in [4.69, 9.17) is 4.74 Å². The van der Waals surface area contributed by atoms with Crippen molar-refractivity contribution in [2.45, 2.75) is 69.8 Å². The molecule has 0 atom stereocenters. The third-order valence-electron chi connectivity index (χ3n) is 4.79. The first kappa shape index (κ1) is 23.3. The van der Waals surface area contributed by atoms with Crippen LogP contribution in [-0.2, 0) is 30.8 Å². The van der Waals surface area contributed by atoms with Gasteiger partial charge in [-0.2, -0.15) is 4.31 Å². The van der Waals surface area contributed by atoms with Crippen LogP contribution < -0.4 is 5.32 Å². The largest absolute Gasteiger partial charge is 0.463 e. The Labute approximate surface area is 173 Å². The molecule has 0 spiro atoms. The molecule has 1 aliphatic heterocycles. The van der Waals surface area contributed by atoms with E-state index in [1.807, 2.05) is 0 Å². The second-order valence-electron chi connectivity index (χ2n) is 7.60. The monoisotopic (exact) mass is 424 g/mol. The number of esters is 1. The standard InChI is InChI=1S/C21H32N2O5S/c1-17(2)28-21(25)13-14-22-20(24)12-9-18-7-10-19(11-8-18)29(26,27)23-15-5-3-4-6-16-23/h7-8,10-11,17H,3-6,9,12-16H2,1-2H3,(H,22,24). The predicted octanol–water partition coefficient (Wildman–Crippen LogP) is 2.64. The van der Waals surface area contributed by atoms with Crippen LogP contribution in [0.4, 0.5) is 0 Å². The summed E-state index contributed by atoms with van der Waals surface area (Å²) in [5, 5.41) is 2.70. The van der Waals surface area contributed by atoms with Crippen LogP contribution in [0.3, 0.4) is 0 Å². The van der Waals surface area contributed by atoms with Crippen molar-refractivity contribution < 1.29 is 22.7 Å². The maximum absolute atomic E-state index is 12.8. The summed E-state index contributed by atoms with van der Waals surface area (Å²) >= 11 is 0. The number of nitrogens with one attached hydrogen (secondary N) is 1. The second kappa shape index (κ2) is 11.3. The Morgan fingerprint density at radius 1 is 1.03 bits per heavy atom. The molecule has 7 nitrogen and oxygen atoms in total. The highest BCUT2D eigenvalue weighted by Crippen LogP contribution is 2.21. The highest BCUT2D eigenvalue weighted by atomic mass is 32.2. The average molecular weight is 425 g/mol. The van der Waals surface area contributed by atoms with E-state index in [0.29, 0.717) is 24.4 Å². The summed E-state index contributed by atoms with van der Waals surface area (Å²) in [7, 11) is -3.45. The molecule has 0 saturated carbocycles. The molecule has 0 aromatic heterocycles. The number of rotatable bonds is 9. The molecule has 1 N–H and O–H groups in total. The number of ether oxygens (including phenoxy) is 1. The topological polar surface area (TPSA) is 92.8 Å². The van der Waals surface area contributed by atoms with Crippen molar-refractivity contribution in [1.29, 1.82) is 0 Å². The van der Waals surface area contributed by atoms with Crippen molar-refractivity contribution in [3.8, 4) is 0 Å². The minimum absolute atomic E-state index is 0.146. The third kappa shape index (κ3) is 7.78. The van der Waals surface area contributed by atoms with E-state index in [2.05, 4.69) is 5.32 Å². The molecule has 1 saturated heterocycles. The zero-order chi connectivity index (χ0) is 21.3. The number of carbonyl (C=O) groups is 2. The summed E-state index contributed by atoms with van der Waals surface area (Å²) in [6.07, 6.45) is 4.72. The highest BCUT2D eigenvalue weighted by Gasteiger charge is 2.24. The number of nitrogens with zero attached hydrogens (tertiary/aromatic N) is 1. The van der Waals surface area contributed by atoms with Gasteiger partial charge in [-0.05, 0) is 50.8 Å². The smallest absolute Gasteiger partial charge is 0.307 e. The molecule has 1 aliphatic rings. The summed E-state index contributed by atoms with van der Waals surface area (Å²) in [5.74, 6) is -0.481. The molecule has 1 fully saturated rings. The lowest BCUT2D eigenvalue weighted by Gasteiger charge is -2.20. The summed E-state index contributed by atoms with van der Waals surface area (Å²) in [6, 6.07) is 6.76. The van der Waals surface area contributed by atoms with Crippen molar-refractivity contribution in [2.24, 2.45) is 0 Å². The van der Waals surface area contributed by atoms with Crippen LogP contribution in [0, 0.1) is 0 Å². The van der Waals surface area contributed by atoms with E-state index < -0.39 is 10.0 Å². The van der Waals surface area contributed by atoms with Crippen LogP contribution in [0.15, 0.2) is 29.2 Å². The fourth-order valence-electron chi connectivity index (χ4n) is 3.23. The van der Waals surface area contributed by atoms with Gasteiger partial charge in [-0.25, -0.2) is 8.42 Å². The van der Waals surface area contributed by atoms with Gasteiger partial charge < -0.3 is 10.1 Å². The number of carbonyl (C=O) groups excluding carboxylic acids is 2. The Kier molecular flexibility index (Phi) is 9.10. The Morgan fingerprint density at radius 2 is 1.66 bits per heavy atom. The molecule has 1 amide bonds. The van der Waals surface area contributed by atoms with Gasteiger partial charge in [0.2, 0.25) is 15.9 Å². The number of benzene rings is 1. The maximum atomic E-state index is 12.8. The minimum Gasteiger partial charge on any atom is -0.463 e.